The van der Waals surface area contributed by atoms with Gasteiger partial charge in [-0.05, 0) is 90.0 Å². The summed E-state index contributed by atoms with van der Waals surface area (Å²) in [5.41, 5.74) is 3.27. The zero-order valence-corrected chi connectivity index (χ0v) is 25.6. The number of hydrogen-bond donors (Lipinski definition) is 1. The molecule has 1 N–H and O–H groups in total. The number of nitrogens with zero attached hydrogens (tertiary/aromatic N) is 2. The molecule has 0 unspecified atom stereocenters. The summed E-state index contributed by atoms with van der Waals surface area (Å²) in [4.78, 5) is 32.1. The minimum atomic E-state index is -1.12. The van der Waals surface area contributed by atoms with Crippen molar-refractivity contribution in [3.8, 4) is 5.75 Å². The van der Waals surface area contributed by atoms with Gasteiger partial charge in [-0.15, -0.1) is 0 Å². The average molecular weight is 564 g/mol. The van der Waals surface area contributed by atoms with Crippen LogP contribution in [-0.4, -0.2) is 47.1 Å². The fourth-order valence-corrected chi connectivity index (χ4v) is 4.50. The maximum atomic E-state index is 12.9. The lowest BCUT2D eigenvalue weighted by Crippen LogP contribution is -2.40. The Morgan fingerprint density at radius 3 is 2.46 bits per heavy atom. The van der Waals surface area contributed by atoms with E-state index < -0.39 is 11.6 Å². The number of amides is 1. The van der Waals surface area contributed by atoms with Crippen molar-refractivity contribution in [2.24, 2.45) is 5.92 Å². The molecule has 0 radical (unpaired) electrons. The highest BCUT2D eigenvalue weighted by atomic mass is 16.6. The number of allylic oxidation sites excluding steroid dienone is 5. The van der Waals surface area contributed by atoms with Crippen molar-refractivity contribution in [3.63, 3.8) is 0 Å². The van der Waals surface area contributed by atoms with E-state index in [1.807, 2.05) is 58.1 Å². The molecule has 0 saturated heterocycles. The number of carbonyl (C=O) groups excluding carboxylic acids is 2. The van der Waals surface area contributed by atoms with Crippen LogP contribution in [0.5, 0.6) is 5.75 Å². The van der Waals surface area contributed by atoms with Crippen LogP contribution in [0.15, 0.2) is 47.4 Å². The Balaban J connectivity index is 1.84. The average Bonchev–Trinajstić information content (AvgIpc) is 3.67. The Labute approximate surface area is 244 Å². The van der Waals surface area contributed by atoms with Crippen LogP contribution in [0.3, 0.4) is 0 Å². The Morgan fingerprint density at radius 1 is 1.20 bits per heavy atom. The van der Waals surface area contributed by atoms with Gasteiger partial charge in [-0.25, -0.2) is 9.78 Å². The van der Waals surface area contributed by atoms with Crippen LogP contribution < -0.4 is 10.1 Å². The Bertz CT molecular complexity index is 1280. The first-order valence-corrected chi connectivity index (χ1v) is 14.3. The molecule has 1 aliphatic carbocycles. The second-order valence-corrected chi connectivity index (χ2v) is 11.2. The highest BCUT2D eigenvalue weighted by Crippen LogP contribution is 2.30. The van der Waals surface area contributed by atoms with Gasteiger partial charge in [0.2, 0.25) is 11.8 Å². The first-order chi connectivity index (χ1) is 19.5. The number of nitrogens with one attached hydrogen (secondary N) is 1. The van der Waals surface area contributed by atoms with Crippen molar-refractivity contribution in [1.29, 1.82) is 0 Å². The number of oxazole rings is 1. The van der Waals surface area contributed by atoms with E-state index in [4.69, 9.17) is 18.9 Å². The molecule has 0 atom stereocenters. The van der Waals surface area contributed by atoms with Crippen LogP contribution >= 0.6 is 0 Å². The van der Waals surface area contributed by atoms with Gasteiger partial charge in [0.05, 0.1) is 18.8 Å². The third-order valence-electron chi connectivity index (χ3n) is 6.90. The van der Waals surface area contributed by atoms with Crippen molar-refractivity contribution in [2.75, 3.05) is 19.7 Å². The largest absolute Gasteiger partial charge is 0.476 e. The van der Waals surface area contributed by atoms with Gasteiger partial charge in [-0.2, -0.15) is 0 Å². The molecular formula is C33H45N3O5. The molecule has 1 fully saturated rings. The zero-order chi connectivity index (χ0) is 30.2. The Morgan fingerprint density at radius 2 is 1.88 bits per heavy atom. The van der Waals surface area contributed by atoms with Crippen molar-refractivity contribution in [2.45, 2.75) is 80.0 Å². The molecule has 222 valence electrons. The van der Waals surface area contributed by atoms with Gasteiger partial charge in [0.15, 0.2) is 5.60 Å². The number of rotatable bonds is 15. The summed E-state index contributed by atoms with van der Waals surface area (Å²) in [6, 6.07) is 4.07. The van der Waals surface area contributed by atoms with Gasteiger partial charge in [-0.3, -0.25) is 9.69 Å². The smallest absolute Gasteiger partial charge is 0.349 e. The predicted molar refractivity (Wildman–Crippen MR) is 161 cm³/mol. The molecule has 0 bridgehead atoms. The molecule has 0 aliphatic heterocycles. The van der Waals surface area contributed by atoms with E-state index >= 15 is 0 Å². The lowest BCUT2D eigenvalue weighted by Gasteiger charge is -2.27. The molecule has 3 rings (SSSR count). The van der Waals surface area contributed by atoms with Crippen LogP contribution in [0.1, 0.15) is 74.6 Å². The van der Waals surface area contributed by atoms with Gasteiger partial charge >= 0.3 is 5.97 Å². The molecule has 1 amide bonds. The van der Waals surface area contributed by atoms with Gasteiger partial charge in [0.1, 0.15) is 11.5 Å². The summed E-state index contributed by atoms with van der Waals surface area (Å²) < 4.78 is 17.3. The summed E-state index contributed by atoms with van der Waals surface area (Å²) >= 11 is 0. The number of hydrogen-bond acceptors (Lipinski definition) is 7. The standard InChI is InChI=1S/C33H45N3O5/c1-9-12-13-27(10-2)31-35-28(24(6)40-31)20-36(21-29(37)34-18-25-14-15-25)19-26-16-22(4)30(23(5)17-26)41-33(7,8)32(38)39-11-3/h9-10,12-13,16-17,25H,2,11,14-15,18-21H2,1,3-8H3,(H,34,37)/b12-9-,27-13+. The van der Waals surface area contributed by atoms with Crippen molar-refractivity contribution >= 4 is 17.4 Å². The van der Waals surface area contributed by atoms with Crippen LogP contribution in [0, 0.1) is 26.7 Å². The molecule has 1 saturated carbocycles. The minimum absolute atomic E-state index is 0.0115. The first kappa shape index (κ1) is 31.9. The lowest BCUT2D eigenvalue weighted by atomic mass is 10.0. The van der Waals surface area contributed by atoms with Crippen LogP contribution in [0.25, 0.3) is 5.57 Å². The third kappa shape index (κ3) is 9.18. The molecule has 8 nitrogen and oxygen atoms in total. The highest BCUT2D eigenvalue weighted by Gasteiger charge is 2.32. The number of carbonyl (C=O) groups is 2. The van der Waals surface area contributed by atoms with E-state index in [0.717, 1.165) is 34.5 Å². The van der Waals surface area contributed by atoms with Gasteiger partial charge in [-0.1, -0.05) is 36.9 Å². The van der Waals surface area contributed by atoms with Crippen LogP contribution in [0.2, 0.25) is 0 Å². The Kier molecular flexibility index (Phi) is 11.1. The quantitative estimate of drug-likeness (QED) is 0.210. The second kappa shape index (κ2) is 14.3. The minimum Gasteiger partial charge on any atom is -0.476 e. The molecule has 8 heteroatoms. The van der Waals surface area contributed by atoms with Crippen molar-refractivity contribution in [3.05, 3.63) is 77.1 Å². The topological polar surface area (TPSA) is 93.9 Å². The SMILES string of the molecule is C=C/C(=C\C=C/C)c1nc(CN(CC(=O)NCC2CC2)Cc2cc(C)c(OC(C)(C)C(=O)OCC)c(C)c2)c(C)o1. The van der Waals surface area contributed by atoms with Crippen molar-refractivity contribution < 1.29 is 23.5 Å². The van der Waals surface area contributed by atoms with E-state index in [1.54, 1.807) is 26.8 Å². The van der Waals surface area contributed by atoms with Gasteiger partial charge in [0.25, 0.3) is 0 Å². The van der Waals surface area contributed by atoms with Crippen LogP contribution in [-0.2, 0) is 27.4 Å². The van der Waals surface area contributed by atoms with E-state index in [9.17, 15) is 9.59 Å². The van der Waals surface area contributed by atoms with Gasteiger partial charge in [0, 0.05) is 25.2 Å². The fourth-order valence-electron chi connectivity index (χ4n) is 4.50. The lowest BCUT2D eigenvalue weighted by molar-refractivity contribution is -0.158. The summed E-state index contributed by atoms with van der Waals surface area (Å²) in [7, 11) is 0. The maximum absolute atomic E-state index is 12.9. The summed E-state index contributed by atoms with van der Waals surface area (Å²) in [6.07, 6.45) is 9.83. The third-order valence-corrected chi connectivity index (χ3v) is 6.90. The molecule has 1 aliphatic rings. The summed E-state index contributed by atoms with van der Waals surface area (Å²) in [5.74, 6) is 2.04. The number of benzene rings is 1. The van der Waals surface area contributed by atoms with E-state index in [2.05, 4.69) is 16.8 Å². The number of aryl methyl sites for hydroxylation is 3. The van der Waals surface area contributed by atoms with Gasteiger partial charge < -0.3 is 19.2 Å². The summed E-state index contributed by atoms with van der Waals surface area (Å²) in [5, 5.41) is 3.08. The number of aromatic nitrogens is 1. The molecular weight excluding hydrogens is 518 g/mol. The summed E-state index contributed by atoms with van der Waals surface area (Å²) in [6.45, 7) is 19.0. The highest BCUT2D eigenvalue weighted by molar-refractivity contribution is 5.79. The molecule has 0 spiro atoms. The van der Waals surface area contributed by atoms with E-state index in [0.29, 0.717) is 43.0 Å². The first-order valence-electron chi connectivity index (χ1n) is 14.3. The normalized spacial score (nSPS) is 14.0. The van der Waals surface area contributed by atoms with E-state index in [1.165, 1.54) is 12.8 Å². The second-order valence-electron chi connectivity index (χ2n) is 11.2. The predicted octanol–water partition coefficient (Wildman–Crippen LogP) is 5.99. The molecule has 41 heavy (non-hydrogen) atoms. The molecule has 1 heterocycles. The molecule has 2 aromatic rings. The zero-order valence-electron chi connectivity index (χ0n) is 25.6. The number of esters is 1. The monoisotopic (exact) mass is 563 g/mol. The van der Waals surface area contributed by atoms with E-state index in [-0.39, 0.29) is 12.5 Å². The Hall–Kier alpha value is -3.65. The maximum Gasteiger partial charge on any atom is 0.349 e. The number of ether oxygens (including phenoxy) is 2. The fraction of sp³-hybridized carbons (Fsp3) is 0.485. The molecule has 1 aromatic heterocycles. The molecule has 1 aromatic carbocycles. The van der Waals surface area contributed by atoms with Crippen LogP contribution in [0.4, 0.5) is 0 Å². The van der Waals surface area contributed by atoms with Crippen molar-refractivity contribution in [1.82, 2.24) is 15.2 Å².